The Kier molecular flexibility index (Phi) is 3.40. The van der Waals surface area contributed by atoms with E-state index in [4.69, 9.17) is 12.2 Å². The minimum absolute atomic E-state index is 0.0359. The summed E-state index contributed by atoms with van der Waals surface area (Å²) < 4.78 is 10.8. The van der Waals surface area contributed by atoms with Crippen LogP contribution in [0.2, 0.25) is 0 Å². The molecule has 0 aromatic rings. The number of carbonyl (C=O) groups excluding carboxylic acids is 1. The second-order valence-electron chi connectivity index (χ2n) is 2.00. The Hall–Kier alpha value is -1.10. The lowest BCUT2D eigenvalue weighted by Crippen LogP contribution is -2.30. The Morgan fingerprint density at radius 2 is 2.45 bits per heavy atom. The predicted molar refractivity (Wildman–Crippen MR) is 36.9 cm³/mol. The molecule has 0 amide bonds. The molecule has 0 saturated heterocycles. The van der Waals surface area contributed by atoms with Crippen LogP contribution in [-0.2, 0) is 14.3 Å². The molecule has 0 heterocycles. The van der Waals surface area contributed by atoms with E-state index in [0.717, 1.165) is 0 Å². The minimum atomic E-state index is -1.14. The third kappa shape index (κ3) is 4.32. The van der Waals surface area contributed by atoms with E-state index in [1.165, 1.54) is 0 Å². The van der Waals surface area contributed by atoms with Crippen molar-refractivity contribution in [2.24, 2.45) is 5.73 Å². The third-order valence-electron chi connectivity index (χ3n) is 1.14. The van der Waals surface area contributed by atoms with Crippen molar-refractivity contribution in [1.29, 1.82) is 0 Å². The molecule has 11 heavy (non-hydrogen) atoms. The van der Waals surface area contributed by atoms with E-state index in [0.29, 0.717) is 0 Å². The Morgan fingerprint density at radius 1 is 1.82 bits per heavy atom. The molecule has 3 N–H and O–H groups in total. The number of carbonyl (C=O) groups is 2. The van der Waals surface area contributed by atoms with Crippen LogP contribution in [0, 0.1) is 0 Å². The number of carboxylic acid groups (broad SMARTS) is 1. The molecule has 0 saturated carbocycles. The fourth-order valence-electron chi connectivity index (χ4n) is 0.469. The molecule has 0 aromatic heterocycles. The van der Waals surface area contributed by atoms with Crippen LogP contribution in [-0.4, -0.2) is 30.2 Å². The first-order chi connectivity index (χ1) is 5.57. The highest BCUT2D eigenvalue weighted by atomic mass is 16.5. The first kappa shape index (κ1) is 8.00. The zero-order valence-corrected chi connectivity index (χ0v) is 5.95. The van der Waals surface area contributed by atoms with Gasteiger partial charge in [-0.3, -0.25) is 9.59 Å². The van der Waals surface area contributed by atoms with E-state index >= 15 is 0 Å². The van der Waals surface area contributed by atoms with Gasteiger partial charge in [0.25, 0.3) is 0 Å². The molecule has 64 valence electrons. The second kappa shape index (κ2) is 4.68. The lowest BCUT2D eigenvalue weighted by Gasteiger charge is -2.03. The van der Waals surface area contributed by atoms with Crippen LogP contribution in [0.1, 0.15) is 14.2 Å². The van der Waals surface area contributed by atoms with Crippen molar-refractivity contribution >= 4 is 11.9 Å². The van der Waals surface area contributed by atoms with E-state index in [1.54, 1.807) is 0 Å². The Bertz CT molecular complexity index is 173. The van der Waals surface area contributed by atoms with Crippen molar-refractivity contribution in [3.63, 3.8) is 0 Å². The summed E-state index contributed by atoms with van der Waals surface area (Å²) in [6.45, 7) is 0. The molecule has 5 nitrogen and oxygen atoms in total. The van der Waals surface area contributed by atoms with Crippen molar-refractivity contribution in [2.75, 3.05) is 7.09 Å². The average Bonchev–Trinajstić information content (AvgIpc) is 2.00. The summed E-state index contributed by atoms with van der Waals surface area (Å²) in [5.74, 6) is -1.74. The van der Waals surface area contributed by atoms with Crippen LogP contribution >= 0.6 is 0 Å². The normalized spacial score (nSPS) is 13.4. The highest BCUT2D eigenvalue weighted by Crippen LogP contribution is 1.95. The maximum Gasteiger partial charge on any atom is 0.320 e. The van der Waals surface area contributed by atoms with Crippen LogP contribution < -0.4 is 5.73 Å². The van der Waals surface area contributed by atoms with Gasteiger partial charge in [-0.25, -0.2) is 0 Å². The van der Waals surface area contributed by atoms with E-state index in [2.05, 4.69) is 4.74 Å². The molecule has 0 aliphatic heterocycles. The highest BCUT2D eigenvalue weighted by molar-refractivity contribution is 5.75. The molecule has 1 atom stereocenters. The minimum Gasteiger partial charge on any atom is -0.480 e. The summed E-state index contributed by atoms with van der Waals surface area (Å²) in [7, 11) is -0.443. The molecule has 0 unspecified atom stereocenters. The standard InChI is InChI=1S/C6H11NO4/c1-11-5(8)3-2-4(7)6(9)10/h4H,2-3,7H2,1H3,(H,9,10)/t4-/m0/s1/i1D. The van der Waals surface area contributed by atoms with Crippen molar-refractivity contribution in [3.8, 4) is 0 Å². The summed E-state index contributed by atoms with van der Waals surface area (Å²) in [5, 5.41) is 8.31. The van der Waals surface area contributed by atoms with Crippen LogP contribution in [0.15, 0.2) is 0 Å². The predicted octanol–water partition coefficient (Wildman–Crippen LogP) is -0.648. The fourth-order valence-corrected chi connectivity index (χ4v) is 0.469. The third-order valence-corrected chi connectivity index (χ3v) is 1.14. The van der Waals surface area contributed by atoms with Crippen molar-refractivity contribution in [2.45, 2.75) is 18.9 Å². The van der Waals surface area contributed by atoms with Gasteiger partial charge >= 0.3 is 11.9 Å². The SMILES string of the molecule is [2H]COC(=O)CC[C@H](N)C(=O)O. The molecule has 0 radical (unpaired) electrons. The van der Waals surface area contributed by atoms with E-state index < -0.39 is 25.1 Å². The monoisotopic (exact) mass is 162 g/mol. The number of esters is 1. The molecule has 0 bridgehead atoms. The Labute approximate surface area is 65.5 Å². The van der Waals surface area contributed by atoms with Gasteiger partial charge in [-0.05, 0) is 6.42 Å². The summed E-state index contributed by atoms with van der Waals surface area (Å²) >= 11 is 0. The van der Waals surface area contributed by atoms with Crippen molar-refractivity contribution in [3.05, 3.63) is 0 Å². The number of aliphatic carboxylic acids is 1. The maximum atomic E-state index is 10.6. The largest absolute Gasteiger partial charge is 0.480 e. The van der Waals surface area contributed by atoms with Gasteiger partial charge in [0.2, 0.25) is 0 Å². The smallest absolute Gasteiger partial charge is 0.320 e. The molecule has 0 fully saturated rings. The van der Waals surface area contributed by atoms with Gasteiger partial charge in [-0.1, -0.05) is 0 Å². The zero-order valence-electron chi connectivity index (χ0n) is 6.95. The van der Waals surface area contributed by atoms with Crippen LogP contribution in [0.25, 0.3) is 0 Å². The molecule has 0 aliphatic carbocycles. The Morgan fingerprint density at radius 3 is 2.91 bits per heavy atom. The summed E-state index contributed by atoms with van der Waals surface area (Å²) in [6.07, 6.45) is -0.0273. The number of rotatable bonds is 4. The van der Waals surface area contributed by atoms with Crippen molar-refractivity contribution < 1.29 is 20.8 Å². The number of nitrogens with two attached hydrogens (primary N) is 1. The first-order valence-corrected chi connectivity index (χ1v) is 3.01. The van der Waals surface area contributed by atoms with E-state index in [9.17, 15) is 9.59 Å². The number of methoxy groups -OCH3 is 1. The molecular formula is C6H11NO4. The van der Waals surface area contributed by atoms with Gasteiger partial charge in [-0.15, -0.1) is 0 Å². The quantitative estimate of drug-likeness (QED) is 0.536. The molecule has 0 rings (SSSR count). The van der Waals surface area contributed by atoms with Gasteiger partial charge in [-0.2, -0.15) is 0 Å². The summed E-state index contributed by atoms with van der Waals surface area (Å²) in [4.78, 5) is 20.7. The van der Waals surface area contributed by atoms with Crippen LogP contribution in [0.3, 0.4) is 0 Å². The first-order valence-electron chi connectivity index (χ1n) is 3.72. The number of hydrogen-bond donors (Lipinski definition) is 2. The zero-order chi connectivity index (χ0) is 9.56. The Balaban J connectivity index is 3.54. The lowest BCUT2D eigenvalue weighted by molar-refractivity contribution is -0.141. The van der Waals surface area contributed by atoms with Gasteiger partial charge in [0.05, 0.1) is 8.46 Å². The van der Waals surface area contributed by atoms with E-state index in [1.807, 2.05) is 0 Å². The van der Waals surface area contributed by atoms with E-state index in [-0.39, 0.29) is 12.8 Å². The fraction of sp³-hybridized carbons (Fsp3) is 0.667. The molecule has 0 aromatic carbocycles. The number of ether oxygens (including phenoxy) is 1. The summed E-state index contributed by atoms with van der Waals surface area (Å²) in [5.41, 5.74) is 5.11. The van der Waals surface area contributed by atoms with Crippen LogP contribution in [0.4, 0.5) is 0 Å². The topological polar surface area (TPSA) is 89.6 Å². The summed E-state index contributed by atoms with van der Waals surface area (Å²) in [6, 6.07) is -1.04. The molecule has 0 aliphatic rings. The number of carboxylic acids is 1. The van der Waals surface area contributed by atoms with Gasteiger partial charge in [0.15, 0.2) is 0 Å². The second-order valence-corrected chi connectivity index (χ2v) is 2.00. The van der Waals surface area contributed by atoms with Crippen LogP contribution in [0.5, 0.6) is 0 Å². The van der Waals surface area contributed by atoms with Gasteiger partial charge in [0, 0.05) is 6.42 Å². The molecule has 0 spiro atoms. The molecular weight excluding hydrogens is 150 g/mol. The molecule has 5 heteroatoms. The van der Waals surface area contributed by atoms with Crippen molar-refractivity contribution in [1.82, 2.24) is 0 Å². The van der Waals surface area contributed by atoms with Gasteiger partial charge in [0.1, 0.15) is 6.04 Å². The highest BCUT2D eigenvalue weighted by Gasteiger charge is 2.12. The lowest BCUT2D eigenvalue weighted by atomic mass is 10.2. The van der Waals surface area contributed by atoms with Gasteiger partial charge < -0.3 is 15.6 Å². The maximum absolute atomic E-state index is 10.6. The average molecular weight is 162 g/mol. The number of hydrogen-bond acceptors (Lipinski definition) is 4.